The van der Waals surface area contributed by atoms with Crippen molar-refractivity contribution in [2.75, 3.05) is 0 Å². The second-order valence-electron chi connectivity index (χ2n) is 3.86. The quantitative estimate of drug-likeness (QED) is 0.738. The summed E-state index contributed by atoms with van der Waals surface area (Å²) in [5.41, 5.74) is 1.18. The third-order valence-electron chi connectivity index (χ3n) is 2.50. The first-order valence-corrected chi connectivity index (χ1v) is 7.01. The number of hydrogen-bond acceptors (Lipinski definition) is 4. The van der Waals surface area contributed by atoms with E-state index in [0.717, 1.165) is 10.8 Å². The van der Waals surface area contributed by atoms with Crippen LogP contribution in [0, 0.1) is 0 Å². The Kier molecular flexibility index (Phi) is 3.57. The van der Waals surface area contributed by atoms with Crippen molar-refractivity contribution in [3.05, 3.63) is 53.2 Å². The molecule has 0 amide bonds. The molecule has 0 atom stereocenters. The lowest BCUT2D eigenvalue weighted by Gasteiger charge is -1.98. The zero-order valence-corrected chi connectivity index (χ0v) is 11.4. The zero-order valence-electron chi connectivity index (χ0n) is 9.84. The van der Waals surface area contributed by atoms with Crippen LogP contribution in [0.2, 0.25) is 5.02 Å². The molecule has 0 saturated heterocycles. The number of halogens is 1. The average Bonchev–Trinajstić information content (AvgIpc) is 3.09. The van der Waals surface area contributed by atoms with E-state index in [0.29, 0.717) is 16.7 Å². The molecule has 2 heterocycles. The minimum atomic E-state index is 0.642. The Morgan fingerprint density at radius 2 is 2.05 bits per heavy atom. The van der Waals surface area contributed by atoms with Gasteiger partial charge in [0.15, 0.2) is 11.6 Å². The third-order valence-corrected chi connectivity index (χ3v) is 3.67. The monoisotopic (exact) mass is 291 g/mol. The van der Waals surface area contributed by atoms with E-state index in [1.54, 1.807) is 18.0 Å². The molecule has 0 aliphatic carbocycles. The van der Waals surface area contributed by atoms with Gasteiger partial charge in [0.2, 0.25) is 5.16 Å². The Hall–Kier alpha value is -1.72. The van der Waals surface area contributed by atoms with E-state index in [4.69, 9.17) is 16.0 Å². The summed E-state index contributed by atoms with van der Waals surface area (Å²) in [7, 11) is 0. The average molecular weight is 292 g/mol. The van der Waals surface area contributed by atoms with Crippen LogP contribution in [-0.4, -0.2) is 15.2 Å². The smallest absolute Gasteiger partial charge is 0.209 e. The maximum atomic E-state index is 5.84. The summed E-state index contributed by atoms with van der Waals surface area (Å²) >= 11 is 7.40. The molecule has 1 N–H and O–H groups in total. The molecule has 0 saturated carbocycles. The number of aromatic amines is 1. The number of hydrogen-bond donors (Lipinski definition) is 1. The third kappa shape index (κ3) is 3.00. The number of nitrogens with zero attached hydrogens (tertiary/aromatic N) is 2. The van der Waals surface area contributed by atoms with Crippen LogP contribution in [0.3, 0.4) is 0 Å². The fourth-order valence-electron chi connectivity index (χ4n) is 1.56. The van der Waals surface area contributed by atoms with Crippen molar-refractivity contribution in [2.45, 2.75) is 10.9 Å². The van der Waals surface area contributed by atoms with Crippen molar-refractivity contribution in [1.82, 2.24) is 15.2 Å². The van der Waals surface area contributed by atoms with Crippen LogP contribution in [0.25, 0.3) is 11.6 Å². The van der Waals surface area contributed by atoms with Crippen LogP contribution in [0.15, 0.2) is 52.2 Å². The lowest BCUT2D eigenvalue weighted by molar-refractivity contribution is 0.577. The van der Waals surface area contributed by atoms with Gasteiger partial charge in [-0.15, -0.1) is 5.10 Å². The van der Waals surface area contributed by atoms with Crippen LogP contribution in [-0.2, 0) is 5.75 Å². The maximum Gasteiger partial charge on any atom is 0.209 e. The number of furan rings is 1. The highest BCUT2D eigenvalue weighted by Gasteiger charge is 2.08. The number of aromatic nitrogens is 3. The first kappa shape index (κ1) is 12.3. The van der Waals surface area contributed by atoms with Gasteiger partial charge < -0.3 is 4.42 Å². The van der Waals surface area contributed by atoms with Gasteiger partial charge in [-0.2, -0.15) is 4.98 Å². The van der Waals surface area contributed by atoms with E-state index in [1.165, 1.54) is 5.56 Å². The second-order valence-corrected chi connectivity index (χ2v) is 5.24. The highest BCUT2D eigenvalue weighted by molar-refractivity contribution is 7.98. The summed E-state index contributed by atoms with van der Waals surface area (Å²) in [6.45, 7) is 0. The van der Waals surface area contributed by atoms with Crippen LogP contribution in [0.1, 0.15) is 5.56 Å². The van der Waals surface area contributed by atoms with Crippen LogP contribution >= 0.6 is 23.4 Å². The predicted octanol–water partition coefficient (Wildman–Crippen LogP) is 4.01. The van der Waals surface area contributed by atoms with Crippen molar-refractivity contribution in [3.8, 4) is 11.6 Å². The summed E-state index contributed by atoms with van der Waals surface area (Å²) in [6.07, 6.45) is 1.61. The van der Waals surface area contributed by atoms with Gasteiger partial charge in [-0.3, -0.25) is 5.10 Å². The summed E-state index contributed by atoms with van der Waals surface area (Å²) in [5, 5.41) is 8.44. The van der Waals surface area contributed by atoms with Crippen LogP contribution < -0.4 is 0 Å². The number of H-pyrrole nitrogens is 1. The SMILES string of the molecule is Clc1ccc(CSc2n[nH]c(-c3ccco3)n2)cc1. The van der Waals surface area contributed by atoms with Crippen molar-refractivity contribution in [2.24, 2.45) is 0 Å². The maximum absolute atomic E-state index is 5.84. The molecular weight excluding hydrogens is 282 g/mol. The molecule has 4 nitrogen and oxygen atoms in total. The Morgan fingerprint density at radius 1 is 1.21 bits per heavy atom. The summed E-state index contributed by atoms with van der Waals surface area (Å²) in [4.78, 5) is 4.36. The van der Waals surface area contributed by atoms with E-state index in [1.807, 2.05) is 36.4 Å². The Bertz CT molecular complexity index is 649. The summed E-state index contributed by atoms with van der Waals surface area (Å²) in [6, 6.07) is 11.4. The lowest BCUT2D eigenvalue weighted by atomic mass is 10.2. The molecular formula is C13H10ClN3OS. The molecule has 0 fully saturated rings. The molecule has 19 heavy (non-hydrogen) atoms. The minimum absolute atomic E-state index is 0.642. The molecule has 2 aromatic heterocycles. The first-order valence-electron chi connectivity index (χ1n) is 5.65. The largest absolute Gasteiger partial charge is 0.461 e. The first-order chi connectivity index (χ1) is 9.31. The van der Waals surface area contributed by atoms with E-state index < -0.39 is 0 Å². The molecule has 0 aliphatic heterocycles. The fourth-order valence-corrected chi connectivity index (χ4v) is 2.44. The number of rotatable bonds is 4. The van der Waals surface area contributed by atoms with Gasteiger partial charge in [0.1, 0.15) is 0 Å². The standard InChI is InChI=1S/C13H10ClN3OS/c14-10-5-3-9(4-6-10)8-19-13-15-12(16-17-13)11-2-1-7-18-11/h1-7H,8H2,(H,15,16,17). The number of nitrogens with one attached hydrogen (secondary N) is 1. The molecule has 96 valence electrons. The zero-order chi connectivity index (χ0) is 13.1. The second kappa shape index (κ2) is 5.50. The summed E-state index contributed by atoms with van der Waals surface area (Å²) in [5.74, 6) is 2.13. The van der Waals surface area contributed by atoms with E-state index in [-0.39, 0.29) is 0 Å². The highest BCUT2D eigenvalue weighted by atomic mass is 35.5. The normalized spacial score (nSPS) is 10.8. The Labute approximate surface area is 119 Å². The molecule has 1 aromatic carbocycles. The van der Waals surface area contributed by atoms with Gasteiger partial charge in [0, 0.05) is 10.8 Å². The van der Waals surface area contributed by atoms with Gasteiger partial charge in [0.05, 0.1) is 6.26 Å². The van der Waals surface area contributed by atoms with E-state index >= 15 is 0 Å². The van der Waals surface area contributed by atoms with E-state index in [9.17, 15) is 0 Å². The van der Waals surface area contributed by atoms with Crippen molar-refractivity contribution in [3.63, 3.8) is 0 Å². The van der Waals surface area contributed by atoms with Gasteiger partial charge >= 0.3 is 0 Å². The van der Waals surface area contributed by atoms with Gasteiger partial charge in [-0.25, -0.2) is 0 Å². The summed E-state index contributed by atoms with van der Waals surface area (Å²) < 4.78 is 5.25. The van der Waals surface area contributed by atoms with Crippen molar-refractivity contribution in [1.29, 1.82) is 0 Å². The topological polar surface area (TPSA) is 54.7 Å². The minimum Gasteiger partial charge on any atom is -0.461 e. The number of thioether (sulfide) groups is 1. The molecule has 0 radical (unpaired) electrons. The van der Waals surface area contributed by atoms with Gasteiger partial charge in [0.25, 0.3) is 0 Å². The van der Waals surface area contributed by atoms with E-state index in [2.05, 4.69) is 15.2 Å². The van der Waals surface area contributed by atoms with Crippen LogP contribution in [0.5, 0.6) is 0 Å². The fraction of sp³-hybridized carbons (Fsp3) is 0.0769. The molecule has 0 unspecified atom stereocenters. The Morgan fingerprint density at radius 3 is 2.79 bits per heavy atom. The number of benzene rings is 1. The van der Waals surface area contributed by atoms with Crippen molar-refractivity contribution < 1.29 is 4.42 Å². The van der Waals surface area contributed by atoms with Gasteiger partial charge in [-0.05, 0) is 29.8 Å². The predicted molar refractivity (Wildman–Crippen MR) is 75.1 cm³/mol. The van der Waals surface area contributed by atoms with Gasteiger partial charge in [-0.1, -0.05) is 35.5 Å². The molecule has 0 spiro atoms. The molecule has 3 rings (SSSR count). The Balaban J connectivity index is 1.66. The van der Waals surface area contributed by atoms with Crippen molar-refractivity contribution >= 4 is 23.4 Å². The van der Waals surface area contributed by atoms with Crippen LogP contribution in [0.4, 0.5) is 0 Å². The lowest BCUT2D eigenvalue weighted by Crippen LogP contribution is -1.81. The molecule has 3 aromatic rings. The molecule has 0 aliphatic rings. The molecule has 0 bridgehead atoms. The highest BCUT2D eigenvalue weighted by Crippen LogP contribution is 2.23. The molecule has 6 heteroatoms.